The van der Waals surface area contributed by atoms with Crippen molar-refractivity contribution in [2.75, 3.05) is 11.6 Å². The number of nitro benzene ring substituents is 1. The number of anilines is 1. The number of hydrogen-bond acceptors (Lipinski definition) is 8. The third-order valence-electron chi connectivity index (χ3n) is 4.04. The molecule has 0 radical (unpaired) electrons. The van der Waals surface area contributed by atoms with E-state index in [0.29, 0.717) is 16.4 Å². The van der Waals surface area contributed by atoms with Crippen LogP contribution < -0.4 is 10.1 Å². The second kappa shape index (κ2) is 7.53. The lowest BCUT2D eigenvalue weighted by Gasteiger charge is -2.19. The first-order valence-electron chi connectivity index (χ1n) is 7.92. The monoisotopic (exact) mass is 479 g/mol. The van der Waals surface area contributed by atoms with Gasteiger partial charge in [-0.25, -0.2) is 0 Å². The average Bonchev–Trinajstić information content (AvgIpc) is 2.84. The lowest BCUT2D eigenvalue weighted by molar-refractivity contribution is -0.384. The Kier molecular flexibility index (Phi) is 5.09. The second-order valence-electron chi connectivity index (χ2n) is 5.75. The minimum Gasteiger partial charge on any atom is -0.448 e. The van der Waals surface area contributed by atoms with E-state index in [2.05, 4.69) is 36.4 Å². The topological polar surface area (TPSA) is 103 Å². The van der Waals surface area contributed by atoms with Crippen molar-refractivity contribution in [3.8, 4) is 17.1 Å². The van der Waals surface area contributed by atoms with E-state index >= 15 is 0 Å². The number of halogens is 2. The van der Waals surface area contributed by atoms with Crippen molar-refractivity contribution in [3.63, 3.8) is 0 Å². The standard InChI is InChI=1S/C17H11BrClN5O3S/c1-28-17-21-16-14(22-23-17)10-7-9(18)3-5-12(10)20-15(27-16)8-2-4-11(19)13(6-8)24(25)26/h2-7,15,20H,1H3. The number of aromatic nitrogens is 3. The first-order chi connectivity index (χ1) is 13.5. The Morgan fingerprint density at radius 1 is 1.29 bits per heavy atom. The molecule has 0 aliphatic carbocycles. The molecule has 0 spiro atoms. The average molecular weight is 481 g/mol. The van der Waals surface area contributed by atoms with Gasteiger partial charge in [-0.1, -0.05) is 45.4 Å². The molecule has 8 nitrogen and oxygen atoms in total. The summed E-state index contributed by atoms with van der Waals surface area (Å²) in [6.45, 7) is 0. The summed E-state index contributed by atoms with van der Waals surface area (Å²) in [6.07, 6.45) is 1.10. The lowest BCUT2D eigenvalue weighted by Crippen LogP contribution is -2.17. The van der Waals surface area contributed by atoms with E-state index in [4.69, 9.17) is 16.3 Å². The highest BCUT2D eigenvalue weighted by atomic mass is 79.9. The van der Waals surface area contributed by atoms with Crippen molar-refractivity contribution in [2.24, 2.45) is 0 Å². The summed E-state index contributed by atoms with van der Waals surface area (Å²) in [4.78, 5) is 15.2. The van der Waals surface area contributed by atoms with Crippen LogP contribution in [0.1, 0.15) is 11.8 Å². The first-order valence-corrected chi connectivity index (χ1v) is 10.3. The summed E-state index contributed by atoms with van der Waals surface area (Å²) >= 11 is 10.7. The molecule has 2 aromatic carbocycles. The van der Waals surface area contributed by atoms with Gasteiger partial charge < -0.3 is 10.1 Å². The zero-order valence-electron chi connectivity index (χ0n) is 14.2. The van der Waals surface area contributed by atoms with Crippen molar-refractivity contribution in [1.82, 2.24) is 15.2 Å². The van der Waals surface area contributed by atoms with Crippen LogP contribution in [0.15, 0.2) is 46.0 Å². The van der Waals surface area contributed by atoms with E-state index in [0.717, 1.165) is 15.7 Å². The fraction of sp³-hybridized carbons (Fsp3) is 0.118. The summed E-state index contributed by atoms with van der Waals surface area (Å²) in [5.41, 5.74) is 2.30. The van der Waals surface area contributed by atoms with E-state index in [1.807, 2.05) is 24.5 Å². The Balaban J connectivity index is 1.87. The van der Waals surface area contributed by atoms with Crippen LogP contribution in [0.4, 0.5) is 11.4 Å². The van der Waals surface area contributed by atoms with E-state index in [9.17, 15) is 10.1 Å². The number of rotatable bonds is 3. The Morgan fingerprint density at radius 2 is 2.11 bits per heavy atom. The molecule has 0 saturated heterocycles. The van der Waals surface area contributed by atoms with Gasteiger partial charge in [-0.3, -0.25) is 10.1 Å². The van der Waals surface area contributed by atoms with Gasteiger partial charge in [0.05, 0.1) is 4.92 Å². The third kappa shape index (κ3) is 3.50. The second-order valence-corrected chi connectivity index (χ2v) is 7.85. The zero-order valence-corrected chi connectivity index (χ0v) is 17.4. The number of nitrogens with one attached hydrogen (secondary N) is 1. The molecule has 1 aliphatic heterocycles. The quantitative estimate of drug-likeness (QED) is 0.314. The van der Waals surface area contributed by atoms with Crippen LogP contribution in [0.2, 0.25) is 5.02 Å². The molecule has 0 saturated carbocycles. The maximum Gasteiger partial charge on any atom is 0.288 e. The summed E-state index contributed by atoms with van der Waals surface area (Å²) in [5, 5.41) is 23.4. The van der Waals surface area contributed by atoms with E-state index in [1.165, 1.54) is 23.9 Å². The van der Waals surface area contributed by atoms with Gasteiger partial charge in [-0.05, 0) is 30.5 Å². The molecule has 2 heterocycles. The predicted octanol–water partition coefficient (Wildman–Crippen LogP) is 5.09. The molecule has 1 unspecified atom stereocenters. The molecule has 1 aliphatic rings. The van der Waals surface area contributed by atoms with Gasteiger partial charge in [0.15, 0.2) is 11.9 Å². The molecular formula is C17H11BrClN5O3S. The molecular weight excluding hydrogens is 470 g/mol. The molecule has 28 heavy (non-hydrogen) atoms. The molecule has 11 heteroatoms. The van der Waals surface area contributed by atoms with Crippen LogP contribution in [-0.4, -0.2) is 26.4 Å². The summed E-state index contributed by atoms with van der Waals surface area (Å²) in [6, 6.07) is 10.1. The van der Waals surface area contributed by atoms with Gasteiger partial charge in [0.1, 0.15) is 5.02 Å². The maximum atomic E-state index is 11.3. The Hall–Kier alpha value is -2.43. The Morgan fingerprint density at radius 3 is 2.86 bits per heavy atom. The number of nitro groups is 1. The maximum absolute atomic E-state index is 11.3. The molecule has 1 N–H and O–H groups in total. The summed E-state index contributed by atoms with van der Waals surface area (Å²) in [7, 11) is 0. The first kappa shape index (κ1) is 18.9. The fourth-order valence-electron chi connectivity index (χ4n) is 2.74. The van der Waals surface area contributed by atoms with Crippen LogP contribution in [0.5, 0.6) is 5.88 Å². The van der Waals surface area contributed by atoms with Gasteiger partial charge in [0.2, 0.25) is 11.0 Å². The summed E-state index contributed by atoms with van der Waals surface area (Å²) < 4.78 is 6.92. The van der Waals surface area contributed by atoms with E-state index in [1.54, 1.807) is 6.07 Å². The highest BCUT2D eigenvalue weighted by Crippen LogP contribution is 2.41. The van der Waals surface area contributed by atoms with E-state index in [-0.39, 0.29) is 16.6 Å². The largest absolute Gasteiger partial charge is 0.448 e. The van der Waals surface area contributed by atoms with Crippen LogP contribution in [0, 0.1) is 10.1 Å². The van der Waals surface area contributed by atoms with Crippen LogP contribution in [0.25, 0.3) is 11.3 Å². The molecule has 0 bridgehead atoms. The number of fused-ring (bicyclic) bond motifs is 3. The van der Waals surface area contributed by atoms with Crippen molar-refractivity contribution in [2.45, 2.75) is 11.4 Å². The number of benzene rings is 2. The van der Waals surface area contributed by atoms with Crippen molar-refractivity contribution in [1.29, 1.82) is 0 Å². The van der Waals surface area contributed by atoms with Crippen molar-refractivity contribution in [3.05, 3.63) is 61.6 Å². The van der Waals surface area contributed by atoms with Gasteiger partial charge in [0.25, 0.3) is 5.69 Å². The third-order valence-corrected chi connectivity index (χ3v) is 5.39. The van der Waals surface area contributed by atoms with Gasteiger partial charge in [0, 0.05) is 27.4 Å². The molecule has 0 fully saturated rings. The Bertz CT molecular complexity index is 1100. The van der Waals surface area contributed by atoms with Crippen LogP contribution in [0.3, 0.4) is 0 Å². The highest BCUT2D eigenvalue weighted by Gasteiger charge is 2.27. The summed E-state index contributed by atoms with van der Waals surface area (Å²) in [5.74, 6) is 0.284. The number of nitrogens with zero attached hydrogens (tertiary/aromatic N) is 4. The number of hydrogen-bond donors (Lipinski definition) is 1. The lowest BCUT2D eigenvalue weighted by atomic mass is 10.1. The number of ether oxygens (including phenoxy) is 1. The molecule has 142 valence electrons. The van der Waals surface area contributed by atoms with Gasteiger partial charge in [-0.2, -0.15) is 4.98 Å². The van der Waals surface area contributed by atoms with Gasteiger partial charge >= 0.3 is 0 Å². The van der Waals surface area contributed by atoms with Crippen molar-refractivity contribution < 1.29 is 9.66 Å². The molecule has 3 aromatic rings. The highest BCUT2D eigenvalue weighted by molar-refractivity contribution is 9.10. The zero-order chi connectivity index (χ0) is 19.8. The Labute approximate surface area is 177 Å². The van der Waals surface area contributed by atoms with Crippen LogP contribution in [-0.2, 0) is 0 Å². The number of thioether (sulfide) groups is 1. The SMILES string of the molecule is CSc1nnc2c(n1)OC(c1ccc(Cl)c([N+](=O)[O-])c1)Nc1ccc(Br)cc1-2. The van der Waals surface area contributed by atoms with Crippen LogP contribution >= 0.6 is 39.3 Å². The minimum atomic E-state index is -0.733. The smallest absolute Gasteiger partial charge is 0.288 e. The molecule has 1 atom stereocenters. The fourth-order valence-corrected chi connectivity index (χ4v) is 3.58. The van der Waals surface area contributed by atoms with E-state index < -0.39 is 11.2 Å². The molecule has 4 rings (SSSR count). The van der Waals surface area contributed by atoms with Crippen molar-refractivity contribution >= 4 is 50.7 Å². The minimum absolute atomic E-state index is 0.0563. The normalized spacial score (nSPS) is 14.9. The molecule has 1 aromatic heterocycles. The predicted molar refractivity (Wildman–Crippen MR) is 110 cm³/mol. The van der Waals surface area contributed by atoms with Gasteiger partial charge in [-0.15, -0.1) is 10.2 Å². The molecule has 0 amide bonds.